The van der Waals surface area contributed by atoms with Gasteiger partial charge in [0.1, 0.15) is 17.0 Å². The van der Waals surface area contributed by atoms with Gasteiger partial charge in [-0.3, -0.25) is 0 Å². The van der Waals surface area contributed by atoms with Gasteiger partial charge in [-0.25, -0.2) is 9.97 Å². The number of anilines is 2. The molecule has 2 aromatic carbocycles. The number of benzene rings is 2. The number of fused-ring (bicyclic) bond motifs is 1. The molecule has 4 rings (SSSR count). The number of nitrogens with zero attached hydrogens (tertiary/aromatic N) is 2. The summed E-state index contributed by atoms with van der Waals surface area (Å²) in [6, 6.07) is 14.8. The van der Waals surface area contributed by atoms with Gasteiger partial charge in [-0.2, -0.15) is 0 Å². The summed E-state index contributed by atoms with van der Waals surface area (Å²) in [7, 11) is 0. The summed E-state index contributed by atoms with van der Waals surface area (Å²) >= 11 is 5.22. The Morgan fingerprint density at radius 1 is 0.923 bits per heavy atom. The zero-order valence-corrected chi connectivity index (χ0v) is 17.2. The predicted octanol–water partition coefficient (Wildman–Crippen LogP) is 6.79. The lowest BCUT2D eigenvalue weighted by Gasteiger charge is -2.10. The summed E-state index contributed by atoms with van der Waals surface area (Å²) in [5, 5.41) is 4.59. The second kappa shape index (κ2) is 6.82. The van der Waals surface area contributed by atoms with E-state index >= 15 is 0 Å². The molecule has 0 unspecified atom stereocenters. The monoisotopic (exact) mass is 423 g/mol. The van der Waals surface area contributed by atoms with Crippen molar-refractivity contribution in [3.05, 3.63) is 69.3 Å². The molecule has 0 fully saturated rings. The van der Waals surface area contributed by atoms with Crippen LogP contribution in [0.4, 0.5) is 11.5 Å². The smallest absolute Gasteiger partial charge is 0.143 e. The van der Waals surface area contributed by atoms with Gasteiger partial charge in [0.05, 0.1) is 5.39 Å². The number of nitrogens with one attached hydrogen (secondary N) is 1. The third kappa shape index (κ3) is 3.24. The van der Waals surface area contributed by atoms with Gasteiger partial charge in [0.2, 0.25) is 0 Å². The third-order valence-corrected chi connectivity index (χ3v) is 5.82. The quantitative estimate of drug-likeness (QED) is 0.394. The first-order chi connectivity index (χ1) is 12.5. The van der Waals surface area contributed by atoms with E-state index in [2.05, 4.69) is 94.5 Å². The van der Waals surface area contributed by atoms with Gasteiger partial charge in [-0.05, 0) is 61.7 Å². The minimum atomic E-state index is 0.849. The normalized spacial score (nSPS) is 11.1. The Labute approximate surface area is 165 Å². The van der Waals surface area contributed by atoms with Gasteiger partial charge in [-0.1, -0.05) is 34.1 Å². The fourth-order valence-corrected chi connectivity index (χ4v) is 4.56. The van der Waals surface area contributed by atoms with Crippen LogP contribution < -0.4 is 5.32 Å². The minimum absolute atomic E-state index is 0.849. The fourth-order valence-electron chi connectivity index (χ4n) is 3.29. The van der Waals surface area contributed by atoms with Crippen LogP contribution in [0.1, 0.15) is 16.0 Å². The van der Waals surface area contributed by atoms with Crippen molar-refractivity contribution in [3.63, 3.8) is 0 Å². The third-order valence-electron chi connectivity index (χ3n) is 4.28. The van der Waals surface area contributed by atoms with Crippen LogP contribution in [0.25, 0.3) is 21.3 Å². The lowest BCUT2D eigenvalue weighted by Crippen LogP contribution is -1.96. The fraction of sp³-hybridized carbons (Fsp3) is 0.143. The number of hydrogen-bond donors (Lipinski definition) is 1. The highest BCUT2D eigenvalue weighted by Crippen LogP contribution is 2.41. The number of hydrogen-bond acceptors (Lipinski definition) is 4. The van der Waals surface area contributed by atoms with Crippen molar-refractivity contribution in [2.75, 3.05) is 5.32 Å². The molecule has 0 aliphatic heterocycles. The number of aryl methyl sites for hydroxylation is 3. The van der Waals surface area contributed by atoms with Crippen LogP contribution in [0.3, 0.4) is 0 Å². The van der Waals surface area contributed by atoms with Crippen molar-refractivity contribution < 1.29 is 0 Å². The van der Waals surface area contributed by atoms with Crippen LogP contribution in [0.15, 0.2) is 53.3 Å². The maximum atomic E-state index is 4.55. The lowest BCUT2D eigenvalue weighted by atomic mass is 10.0. The van der Waals surface area contributed by atoms with Gasteiger partial charge < -0.3 is 5.32 Å². The van der Waals surface area contributed by atoms with Gasteiger partial charge in [-0.15, -0.1) is 11.3 Å². The van der Waals surface area contributed by atoms with E-state index in [1.165, 1.54) is 27.1 Å². The van der Waals surface area contributed by atoms with Crippen LogP contribution in [0, 0.1) is 20.8 Å². The molecule has 3 nitrogen and oxygen atoms in total. The molecule has 1 N–H and O–H groups in total. The van der Waals surface area contributed by atoms with E-state index in [1.807, 2.05) is 0 Å². The zero-order valence-electron chi connectivity index (χ0n) is 14.8. The zero-order chi connectivity index (χ0) is 18.3. The highest BCUT2D eigenvalue weighted by molar-refractivity contribution is 9.10. The molecule has 0 aliphatic rings. The van der Waals surface area contributed by atoms with E-state index in [0.717, 1.165) is 26.2 Å². The molecule has 2 heterocycles. The first-order valence-electron chi connectivity index (χ1n) is 8.36. The number of halogens is 1. The Morgan fingerprint density at radius 2 is 1.62 bits per heavy atom. The molecular weight excluding hydrogens is 406 g/mol. The van der Waals surface area contributed by atoms with Crippen LogP contribution in [0.2, 0.25) is 0 Å². The molecule has 0 radical (unpaired) electrons. The maximum absolute atomic E-state index is 4.55. The Morgan fingerprint density at radius 3 is 2.31 bits per heavy atom. The van der Waals surface area contributed by atoms with Gasteiger partial charge >= 0.3 is 0 Å². The lowest BCUT2D eigenvalue weighted by molar-refractivity contribution is 1.23. The van der Waals surface area contributed by atoms with Gasteiger partial charge in [0.15, 0.2) is 0 Å². The van der Waals surface area contributed by atoms with Crippen LogP contribution in [-0.4, -0.2) is 9.97 Å². The van der Waals surface area contributed by atoms with E-state index in [4.69, 9.17) is 0 Å². The predicted molar refractivity (Wildman–Crippen MR) is 114 cm³/mol. The molecule has 0 atom stereocenters. The van der Waals surface area contributed by atoms with Crippen molar-refractivity contribution in [2.24, 2.45) is 0 Å². The standard InChI is InChI=1S/C21H18BrN3S/c1-12-8-13(2)10-17(9-12)25-20-19-18(15-4-6-16(22)7-5-15)14(3)26-21(19)24-11-23-20/h4-11H,1-3H3,(H,23,24,25). The molecule has 0 aliphatic carbocycles. The summed E-state index contributed by atoms with van der Waals surface area (Å²) in [6.07, 6.45) is 1.63. The first-order valence-corrected chi connectivity index (χ1v) is 9.97. The second-order valence-corrected chi connectivity index (χ2v) is 8.56. The van der Waals surface area contributed by atoms with Crippen molar-refractivity contribution in [2.45, 2.75) is 20.8 Å². The van der Waals surface area contributed by atoms with E-state index in [9.17, 15) is 0 Å². The van der Waals surface area contributed by atoms with Crippen molar-refractivity contribution >= 4 is 49.0 Å². The summed E-state index contributed by atoms with van der Waals surface area (Å²) < 4.78 is 1.07. The Balaban J connectivity index is 1.89. The molecule has 2 aromatic heterocycles. The molecule has 26 heavy (non-hydrogen) atoms. The van der Waals surface area contributed by atoms with E-state index < -0.39 is 0 Å². The topological polar surface area (TPSA) is 37.8 Å². The summed E-state index contributed by atoms with van der Waals surface area (Å²) in [6.45, 7) is 6.36. The van der Waals surface area contributed by atoms with Crippen molar-refractivity contribution in [1.29, 1.82) is 0 Å². The molecule has 4 aromatic rings. The number of aromatic nitrogens is 2. The number of rotatable bonds is 3. The highest BCUT2D eigenvalue weighted by atomic mass is 79.9. The van der Waals surface area contributed by atoms with Gasteiger partial charge in [0.25, 0.3) is 0 Å². The van der Waals surface area contributed by atoms with Crippen LogP contribution >= 0.6 is 27.3 Å². The molecule has 0 saturated carbocycles. The molecule has 130 valence electrons. The van der Waals surface area contributed by atoms with E-state index in [1.54, 1.807) is 17.7 Å². The Hall–Kier alpha value is -2.24. The van der Waals surface area contributed by atoms with E-state index in [-0.39, 0.29) is 0 Å². The molecule has 0 saturated heterocycles. The highest BCUT2D eigenvalue weighted by Gasteiger charge is 2.17. The average Bonchev–Trinajstić information content (AvgIpc) is 2.92. The molecule has 5 heteroatoms. The molecule has 0 amide bonds. The summed E-state index contributed by atoms with van der Waals surface area (Å²) in [4.78, 5) is 11.3. The SMILES string of the molecule is Cc1cc(C)cc(Nc2ncnc3sc(C)c(-c4ccc(Br)cc4)c23)c1. The van der Waals surface area contributed by atoms with Crippen molar-refractivity contribution in [1.82, 2.24) is 9.97 Å². The van der Waals surface area contributed by atoms with Gasteiger partial charge in [0, 0.05) is 20.6 Å². The van der Waals surface area contributed by atoms with Crippen LogP contribution in [0.5, 0.6) is 0 Å². The number of thiophene rings is 1. The maximum Gasteiger partial charge on any atom is 0.143 e. The van der Waals surface area contributed by atoms with Crippen LogP contribution in [-0.2, 0) is 0 Å². The second-order valence-electron chi connectivity index (χ2n) is 6.44. The molecule has 0 spiro atoms. The minimum Gasteiger partial charge on any atom is -0.340 e. The Kier molecular flexibility index (Phi) is 4.51. The van der Waals surface area contributed by atoms with E-state index in [0.29, 0.717) is 0 Å². The average molecular weight is 424 g/mol. The largest absolute Gasteiger partial charge is 0.340 e. The Bertz CT molecular complexity index is 1080. The summed E-state index contributed by atoms with van der Waals surface area (Å²) in [5.74, 6) is 0.849. The molecular formula is C21H18BrN3S. The summed E-state index contributed by atoms with van der Waals surface area (Å²) in [5.41, 5.74) is 5.88. The van der Waals surface area contributed by atoms with Crippen molar-refractivity contribution in [3.8, 4) is 11.1 Å². The first kappa shape index (κ1) is 17.2. The molecule has 0 bridgehead atoms.